The van der Waals surface area contributed by atoms with Gasteiger partial charge in [-0.2, -0.15) is 0 Å². The van der Waals surface area contributed by atoms with Crippen LogP contribution in [-0.2, 0) is 10.0 Å². The lowest BCUT2D eigenvalue weighted by molar-refractivity contribution is -0.384. The Morgan fingerprint density at radius 2 is 1.72 bits per heavy atom. The lowest BCUT2D eigenvalue weighted by atomic mass is 10.2. The van der Waals surface area contributed by atoms with Gasteiger partial charge in [0, 0.05) is 30.2 Å². The van der Waals surface area contributed by atoms with Crippen LogP contribution in [0.3, 0.4) is 0 Å². The highest BCUT2D eigenvalue weighted by molar-refractivity contribution is 7.92. The number of halogens is 1. The molecule has 0 fully saturated rings. The van der Waals surface area contributed by atoms with Gasteiger partial charge < -0.3 is 5.32 Å². The number of aromatic nitrogens is 2. The number of hydrogen-bond donors (Lipinski definition) is 2. The third-order valence-corrected chi connectivity index (χ3v) is 5.28. The summed E-state index contributed by atoms with van der Waals surface area (Å²) in [7, 11) is -3.90. The Morgan fingerprint density at radius 1 is 1.07 bits per heavy atom. The molecule has 3 aromatic rings. The van der Waals surface area contributed by atoms with Gasteiger partial charge in [0.1, 0.15) is 0 Å². The molecule has 0 spiro atoms. The van der Waals surface area contributed by atoms with E-state index in [0.29, 0.717) is 5.69 Å². The second-order valence-electron chi connectivity index (χ2n) is 5.58. The number of non-ortho nitro benzene ring substituents is 1. The summed E-state index contributed by atoms with van der Waals surface area (Å²) in [6.07, 6.45) is 2.79. The van der Waals surface area contributed by atoms with Crippen molar-refractivity contribution < 1.29 is 18.1 Å². The second kappa shape index (κ2) is 8.20. The van der Waals surface area contributed by atoms with Crippen molar-refractivity contribution in [2.24, 2.45) is 0 Å². The zero-order chi connectivity index (χ0) is 21.0. The van der Waals surface area contributed by atoms with E-state index in [0.717, 1.165) is 12.1 Å². The Bertz CT molecular complexity index is 1170. The molecule has 12 heteroatoms. The SMILES string of the molecule is O=C(Nc1ccc(S(=O)(=O)Nc2ncccn2)cc1)c1ccc([N+](=O)[O-])cc1Cl. The molecule has 0 atom stereocenters. The first-order chi connectivity index (χ1) is 13.8. The van der Waals surface area contributed by atoms with Crippen LogP contribution in [0.4, 0.5) is 17.3 Å². The van der Waals surface area contributed by atoms with Gasteiger partial charge in [0.25, 0.3) is 21.6 Å². The van der Waals surface area contributed by atoms with Crippen molar-refractivity contribution in [1.29, 1.82) is 0 Å². The normalized spacial score (nSPS) is 10.9. The third kappa shape index (κ3) is 4.83. The van der Waals surface area contributed by atoms with Crippen molar-refractivity contribution in [2.75, 3.05) is 10.0 Å². The molecule has 0 bridgehead atoms. The van der Waals surface area contributed by atoms with Crippen LogP contribution in [0.15, 0.2) is 65.8 Å². The topological polar surface area (TPSA) is 144 Å². The summed E-state index contributed by atoms with van der Waals surface area (Å²) in [5.41, 5.74) is 0.104. The number of nitrogens with zero attached hydrogens (tertiary/aromatic N) is 3. The van der Waals surface area contributed by atoms with Crippen LogP contribution in [0.2, 0.25) is 5.02 Å². The lowest BCUT2D eigenvalue weighted by Gasteiger charge is -2.09. The number of nitro benzene ring substituents is 1. The molecule has 2 aromatic carbocycles. The number of carbonyl (C=O) groups excluding carboxylic acids is 1. The Hall–Kier alpha value is -3.57. The molecule has 29 heavy (non-hydrogen) atoms. The van der Waals surface area contributed by atoms with Crippen molar-refractivity contribution in [2.45, 2.75) is 4.90 Å². The fourth-order valence-electron chi connectivity index (χ4n) is 2.25. The largest absolute Gasteiger partial charge is 0.322 e. The van der Waals surface area contributed by atoms with Gasteiger partial charge in [-0.05, 0) is 36.4 Å². The Morgan fingerprint density at radius 3 is 2.31 bits per heavy atom. The van der Waals surface area contributed by atoms with Crippen LogP contribution in [-0.4, -0.2) is 29.2 Å². The average molecular weight is 434 g/mol. The van der Waals surface area contributed by atoms with Crippen LogP contribution in [0, 0.1) is 10.1 Å². The predicted octanol–water partition coefficient (Wildman–Crippen LogP) is 3.09. The molecule has 2 N–H and O–H groups in total. The molecule has 0 saturated heterocycles. The first-order valence-corrected chi connectivity index (χ1v) is 9.77. The summed E-state index contributed by atoms with van der Waals surface area (Å²) < 4.78 is 26.9. The summed E-state index contributed by atoms with van der Waals surface area (Å²) >= 11 is 5.93. The molecular formula is C17H12ClN5O5S. The zero-order valence-electron chi connectivity index (χ0n) is 14.4. The van der Waals surface area contributed by atoms with E-state index < -0.39 is 20.9 Å². The van der Waals surface area contributed by atoms with Gasteiger partial charge in [-0.25, -0.2) is 23.1 Å². The molecule has 148 valence electrons. The molecule has 3 rings (SSSR count). The number of sulfonamides is 1. The van der Waals surface area contributed by atoms with Crippen LogP contribution < -0.4 is 10.0 Å². The standard InChI is InChI=1S/C17H12ClN5O5S/c18-15-10-12(23(25)26)4-7-14(15)16(24)21-11-2-5-13(6-3-11)29(27,28)22-17-19-8-1-9-20-17/h1-10H,(H,21,24)(H,19,20,22). The minimum Gasteiger partial charge on any atom is -0.322 e. The van der Waals surface area contributed by atoms with Crippen molar-refractivity contribution in [3.8, 4) is 0 Å². The number of carbonyl (C=O) groups is 1. The van der Waals surface area contributed by atoms with Gasteiger partial charge in [-0.15, -0.1) is 0 Å². The van der Waals surface area contributed by atoms with E-state index in [4.69, 9.17) is 11.6 Å². The van der Waals surface area contributed by atoms with E-state index in [9.17, 15) is 23.3 Å². The molecule has 0 aliphatic carbocycles. The van der Waals surface area contributed by atoms with Gasteiger partial charge in [-0.3, -0.25) is 14.9 Å². The van der Waals surface area contributed by atoms with Crippen molar-refractivity contribution in [3.63, 3.8) is 0 Å². The maximum atomic E-state index is 12.3. The second-order valence-corrected chi connectivity index (χ2v) is 7.67. The highest BCUT2D eigenvalue weighted by Crippen LogP contribution is 2.24. The molecule has 0 aliphatic heterocycles. The highest BCUT2D eigenvalue weighted by atomic mass is 35.5. The van der Waals surface area contributed by atoms with E-state index in [2.05, 4.69) is 20.0 Å². The van der Waals surface area contributed by atoms with Gasteiger partial charge in [0.05, 0.1) is 20.4 Å². The number of nitrogens with one attached hydrogen (secondary N) is 2. The number of hydrogen-bond acceptors (Lipinski definition) is 7. The van der Waals surface area contributed by atoms with E-state index in [-0.39, 0.29) is 27.1 Å². The van der Waals surface area contributed by atoms with Crippen LogP contribution in [0.1, 0.15) is 10.4 Å². The van der Waals surface area contributed by atoms with Crippen LogP contribution in [0.25, 0.3) is 0 Å². The first-order valence-electron chi connectivity index (χ1n) is 7.91. The van der Waals surface area contributed by atoms with E-state index in [1.165, 1.54) is 42.7 Å². The van der Waals surface area contributed by atoms with Crippen LogP contribution in [0.5, 0.6) is 0 Å². The summed E-state index contributed by atoms with van der Waals surface area (Å²) in [6.45, 7) is 0. The molecule has 0 aliphatic rings. The van der Waals surface area contributed by atoms with E-state index in [1.54, 1.807) is 6.07 Å². The summed E-state index contributed by atoms with van der Waals surface area (Å²) in [5.74, 6) is -0.672. The molecule has 0 radical (unpaired) electrons. The third-order valence-electron chi connectivity index (χ3n) is 3.62. The van der Waals surface area contributed by atoms with Crippen LogP contribution >= 0.6 is 11.6 Å². The molecular weight excluding hydrogens is 422 g/mol. The molecule has 10 nitrogen and oxygen atoms in total. The van der Waals surface area contributed by atoms with Crippen molar-refractivity contribution >= 4 is 44.9 Å². The number of anilines is 2. The zero-order valence-corrected chi connectivity index (χ0v) is 16.0. The number of benzene rings is 2. The van der Waals surface area contributed by atoms with E-state index >= 15 is 0 Å². The quantitative estimate of drug-likeness (QED) is 0.448. The van der Waals surface area contributed by atoms with Gasteiger partial charge >= 0.3 is 0 Å². The number of amides is 1. The van der Waals surface area contributed by atoms with Gasteiger partial charge in [-0.1, -0.05) is 11.6 Å². The first kappa shape index (κ1) is 20.2. The molecule has 1 heterocycles. The fraction of sp³-hybridized carbons (Fsp3) is 0. The van der Waals surface area contributed by atoms with E-state index in [1.807, 2.05) is 0 Å². The summed E-state index contributed by atoms with van der Waals surface area (Å²) in [4.78, 5) is 30.0. The highest BCUT2D eigenvalue weighted by Gasteiger charge is 2.17. The minimum atomic E-state index is -3.90. The van der Waals surface area contributed by atoms with Gasteiger partial charge in [0.15, 0.2) is 0 Å². The number of nitro groups is 1. The fourth-order valence-corrected chi connectivity index (χ4v) is 3.47. The molecule has 0 unspecified atom stereocenters. The summed E-state index contributed by atoms with van der Waals surface area (Å²) in [5, 5.41) is 13.2. The Kier molecular flexibility index (Phi) is 5.71. The Labute approximate surface area is 169 Å². The summed E-state index contributed by atoms with van der Waals surface area (Å²) in [6, 6.07) is 10.4. The Balaban J connectivity index is 1.73. The predicted molar refractivity (Wildman–Crippen MR) is 105 cm³/mol. The van der Waals surface area contributed by atoms with Gasteiger partial charge in [0.2, 0.25) is 5.95 Å². The molecule has 0 saturated carbocycles. The van der Waals surface area contributed by atoms with Crippen molar-refractivity contribution in [3.05, 3.63) is 81.6 Å². The number of rotatable bonds is 6. The lowest BCUT2D eigenvalue weighted by Crippen LogP contribution is -2.15. The molecule has 1 aromatic heterocycles. The van der Waals surface area contributed by atoms with Crippen molar-refractivity contribution in [1.82, 2.24) is 9.97 Å². The maximum absolute atomic E-state index is 12.3. The smallest absolute Gasteiger partial charge is 0.270 e. The maximum Gasteiger partial charge on any atom is 0.270 e. The molecule has 1 amide bonds. The monoisotopic (exact) mass is 433 g/mol. The average Bonchev–Trinajstić information content (AvgIpc) is 2.68. The minimum absolute atomic E-state index is 0.0388.